The molecule has 2 heteroatoms. The molecule has 0 atom stereocenters. The fraction of sp³-hybridized carbons (Fsp3) is 0.571. The van der Waals surface area contributed by atoms with Crippen LogP contribution in [0.3, 0.4) is 0 Å². The maximum atomic E-state index is 3.51. The molecule has 0 saturated carbocycles. The van der Waals surface area contributed by atoms with Gasteiger partial charge >= 0.3 is 0 Å². The maximum Gasteiger partial charge on any atom is 0.0206 e. The predicted molar refractivity (Wildman–Crippen MR) is 68.6 cm³/mol. The second-order valence-electron chi connectivity index (χ2n) is 4.71. The van der Waals surface area contributed by atoms with Crippen LogP contribution in [0.15, 0.2) is 24.3 Å². The highest BCUT2D eigenvalue weighted by atomic mass is 15.1. The first-order valence-corrected chi connectivity index (χ1v) is 6.33. The molecule has 0 unspecified atom stereocenters. The highest BCUT2D eigenvalue weighted by Gasteiger charge is 2.09. The Hall–Kier alpha value is -0.860. The van der Waals surface area contributed by atoms with Crippen LogP contribution in [0.1, 0.15) is 24.0 Å². The first-order valence-electron chi connectivity index (χ1n) is 6.33. The van der Waals surface area contributed by atoms with Crippen LogP contribution in [0.25, 0.3) is 0 Å². The number of hydrogen-bond donors (Lipinski definition) is 1. The van der Waals surface area contributed by atoms with Crippen molar-refractivity contribution < 1.29 is 0 Å². The number of rotatable bonds is 5. The van der Waals surface area contributed by atoms with Crippen molar-refractivity contribution in [1.29, 1.82) is 0 Å². The van der Waals surface area contributed by atoms with E-state index in [0.29, 0.717) is 0 Å². The molecule has 2 nitrogen and oxygen atoms in total. The van der Waals surface area contributed by atoms with E-state index in [9.17, 15) is 0 Å². The maximum absolute atomic E-state index is 3.51. The summed E-state index contributed by atoms with van der Waals surface area (Å²) in [6, 6.07) is 8.77. The van der Waals surface area contributed by atoms with Gasteiger partial charge in [0.05, 0.1) is 0 Å². The van der Waals surface area contributed by atoms with Crippen LogP contribution >= 0.6 is 0 Å². The normalized spacial score (nSPS) is 16.8. The molecule has 16 heavy (non-hydrogen) atoms. The van der Waals surface area contributed by atoms with Gasteiger partial charge in [0.1, 0.15) is 0 Å². The lowest BCUT2D eigenvalue weighted by molar-refractivity contribution is 0.335. The number of benzene rings is 1. The summed E-state index contributed by atoms with van der Waals surface area (Å²) in [5.74, 6) is 0. The second-order valence-corrected chi connectivity index (χ2v) is 4.71. The lowest BCUT2D eigenvalue weighted by Crippen LogP contribution is -2.29. The molecule has 0 aromatic heterocycles. The van der Waals surface area contributed by atoms with Crippen LogP contribution < -0.4 is 5.32 Å². The van der Waals surface area contributed by atoms with Gasteiger partial charge in [-0.3, -0.25) is 0 Å². The van der Waals surface area contributed by atoms with Crippen LogP contribution in [0.5, 0.6) is 0 Å². The average Bonchev–Trinajstić information content (AvgIpc) is 2.80. The van der Waals surface area contributed by atoms with E-state index in [2.05, 4.69) is 41.4 Å². The van der Waals surface area contributed by atoms with E-state index in [0.717, 1.165) is 13.1 Å². The zero-order chi connectivity index (χ0) is 11.2. The van der Waals surface area contributed by atoms with Crippen LogP contribution in [0.2, 0.25) is 0 Å². The molecule has 2 rings (SSSR count). The van der Waals surface area contributed by atoms with Gasteiger partial charge in [0.25, 0.3) is 0 Å². The standard InChI is InChI=1S/C14H22N2/c1-13-4-6-14(7-5-13)12-15-8-11-16-9-2-3-10-16/h4-7,15H,2-3,8-12H2,1H3. The molecule has 1 N–H and O–H groups in total. The molecule has 0 radical (unpaired) electrons. The Morgan fingerprint density at radius 1 is 1.12 bits per heavy atom. The first kappa shape index (κ1) is 11.6. The van der Waals surface area contributed by atoms with Crippen LogP contribution in [0, 0.1) is 6.92 Å². The summed E-state index contributed by atoms with van der Waals surface area (Å²) >= 11 is 0. The predicted octanol–water partition coefficient (Wildman–Crippen LogP) is 2.18. The van der Waals surface area contributed by atoms with Crippen molar-refractivity contribution in [3.63, 3.8) is 0 Å². The van der Waals surface area contributed by atoms with Crippen LogP contribution in [0.4, 0.5) is 0 Å². The molecule has 1 fully saturated rings. The Kier molecular flexibility index (Phi) is 4.37. The van der Waals surface area contributed by atoms with E-state index in [1.807, 2.05) is 0 Å². The van der Waals surface area contributed by atoms with Gasteiger partial charge < -0.3 is 10.2 Å². The number of nitrogens with one attached hydrogen (secondary N) is 1. The van der Waals surface area contributed by atoms with E-state index >= 15 is 0 Å². The van der Waals surface area contributed by atoms with Crippen molar-refractivity contribution in [2.45, 2.75) is 26.3 Å². The summed E-state index contributed by atoms with van der Waals surface area (Å²) in [6.07, 6.45) is 2.77. The van der Waals surface area contributed by atoms with Gasteiger partial charge in [0, 0.05) is 19.6 Å². The largest absolute Gasteiger partial charge is 0.311 e. The zero-order valence-electron chi connectivity index (χ0n) is 10.2. The van der Waals surface area contributed by atoms with E-state index in [1.165, 1.54) is 43.6 Å². The lowest BCUT2D eigenvalue weighted by atomic mass is 10.1. The molecular formula is C14H22N2. The van der Waals surface area contributed by atoms with Crippen molar-refractivity contribution in [3.05, 3.63) is 35.4 Å². The van der Waals surface area contributed by atoms with Gasteiger partial charge in [-0.15, -0.1) is 0 Å². The summed E-state index contributed by atoms with van der Waals surface area (Å²) in [5.41, 5.74) is 2.72. The van der Waals surface area contributed by atoms with E-state index in [4.69, 9.17) is 0 Å². The fourth-order valence-electron chi connectivity index (χ4n) is 2.18. The number of likely N-dealkylation sites (tertiary alicyclic amines) is 1. The van der Waals surface area contributed by atoms with Gasteiger partial charge in [0.2, 0.25) is 0 Å². The SMILES string of the molecule is Cc1ccc(CNCCN2CCCC2)cc1. The van der Waals surface area contributed by atoms with Gasteiger partial charge in [-0.05, 0) is 38.4 Å². The summed E-state index contributed by atoms with van der Waals surface area (Å²) in [6.45, 7) is 8.02. The van der Waals surface area contributed by atoms with Gasteiger partial charge in [-0.2, -0.15) is 0 Å². The summed E-state index contributed by atoms with van der Waals surface area (Å²) in [7, 11) is 0. The summed E-state index contributed by atoms with van der Waals surface area (Å²) < 4.78 is 0. The second kappa shape index (κ2) is 6.02. The Balaban J connectivity index is 1.62. The molecule has 0 spiro atoms. The minimum absolute atomic E-state index is 0.994. The first-order chi connectivity index (χ1) is 7.84. The third-order valence-corrected chi connectivity index (χ3v) is 3.25. The summed E-state index contributed by atoms with van der Waals surface area (Å²) in [4.78, 5) is 2.54. The monoisotopic (exact) mass is 218 g/mol. The Labute approximate surface area is 98.7 Å². The van der Waals surface area contributed by atoms with E-state index in [-0.39, 0.29) is 0 Å². The lowest BCUT2D eigenvalue weighted by Gasteiger charge is -2.14. The Morgan fingerprint density at radius 2 is 1.81 bits per heavy atom. The van der Waals surface area contributed by atoms with Crippen molar-refractivity contribution >= 4 is 0 Å². The van der Waals surface area contributed by atoms with Crippen LogP contribution in [-0.2, 0) is 6.54 Å². The Morgan fingerprint density at radius 3 is 2.50 bits per heavy atom. The molecule has 1 aliphatic heterocycles. The van der Waals surface area contributed by atoms with Gasteiger partial charge in [-0.1, -0.05) is 29.8 Å². The highest BCUT2D eigenvalue weighted by molar-refractivity contribution is 5.20. The number of aryl methyl sites for hydroxylation is 1. The van der Waals surface area contributed by atoms with E-state index in [1.54, 1.807) is 0 Å². The topological polar surface area (TPSA) is 15.3 Å². The van der Waals surface area contributed by atoms with Crippen molar-refractivity contribution in [2.75, 3.05) is 26.2 Å². The third kappa shape index (κ3) is 3.62. The summed E-state index contributed by atoms with van der Waals surface area (Å²) in [5, 5.41) is 3.51. The van der Waals surface area contributed by atoms with Gasteiger partial charge in [0.15, 0.2) is 0 Å². The Bertz CT molecular complexity index is 299. The average molecular weight is 218 g/mol. The molecule has 0 amide bonds. The van der Waals surface area contributed by atoms with Crippen molar-refractivity contribution in [3.8, 4) is 0 Å². The zero-order valence-corrected chi connectivity index (χ0v) is 10.2. The van der Waals surface area contributed by atoms with Crippen molar-refractivity contribution in [1.82, 2.24) is 10.2 Å². The molecule has 1 aliphatic rings. The quantitative estimate of drug-likeness (QED) is 0.762. The molecule has 88 valence electrons. The van der Waals surface area contributed by atoms with Crippen LogP contribution in [-0.4, -0.2) is 31.1 Å². The fourth-order valence-corrected chi connectivity index (χ4v) is 2.18. The van der Waals surface area contributed by atoms with Gasteiger partial charge in [-0.25, -0.2) is 0 Å². The smallest absolute Gasteiger partial charge is 0.0206 e. The molecule has 1 saturated heterocycles. The minimum Gasteiger partial charge on any atom is -0.311 e. The number of nitrogens with zero attached hydrogens (tertiary/aromatic N) is 1. The third-order valence-electron chi connectivity index (χ3n) is 3.25. The number of hydrogen-bond acceptors (Lipinski definition) is 2. The molecule has 1 heterocycles. The molecule has 0 aliphatic carbocycles. The minimum atomic E-state index is 0.994. The molecule has 1 aromatic rings. The molecular weight excluding hydrogens is 196 g/mol. The molecule has 0 bridgehead atoms. The van der Waals surface area contributed by atoms with Crippen molar-refractivity contribution in [2.24, 2.45) is 0 Å². The van der Waals surface area contributed by atoms with E-state index < -0.39 is 0 Å². The highest BCUT2D eigenvalue weighted by Crippen LogP contribution is 2.06. The molecule has 1 aromatic carbocycles.